The molecule has 0 fully saturated rings. The molecule has 0 bridgehead atoms. The summed E-state index contributed by atoms with van der Waals surface area (Å²) in [5.41, 5.74) is 0.338. The zero-order valence-electron chi connectivity index (χ0n) is 14.9. The summed E-state index contributed by atoms with van der Waals surface area (Å²) in [6.45, 7) is 5.04. The Kier molecular flexibility index (Phi) is 6.37. The van der Waals surface area contributed by atoms with Crippen molar-refractivity contribution in [1.82, 2.24) is 5.32 Å². The molecule has 0 radical (unpaired) electrons. The Morgan fingerprint density at radius 2 is 1.69 bits per heavy atom. The summed E-state index contributed by atoms with van der Waals surface area (Å²) in [6.07, 6.45) is 0. The highest BCUT2D eigenvalue weighted by molar-refractivity contribution is 7.92. The average molecular weight is 379 g/mol. The number of hydrogen-bond donors (Lipinski definition) is 1. The topological polar surface area (TPSA) is 72.5 Å². The van der Waals surface area contributed by atoms with E-state index in [1.807, 2.05) is 0 Å². The van der Waals surface area contributed by atoms with Crippen LogP contribution in [0.1, 0.15) is 31.1 Å². The van der Waals surface area contributed by atoms with E-state index in [2.05, 4.69) is 5.32 Å². The molecule has 7 heteroatoms. The first kappa shape index (κ1) is 19.9. The molecule has 0 aromatic heterocycles. The minimum Gasteiger partial charge on any atom is -0.488 e. The van der Waals surface area contributed by atoms with Gasteiger partial charge in [-0.05, 0) is 57.2 Å². The summed E-state index contributed by atoms with van der Waals surface area (Å²) in [5.74, 6) is -0.701. The van der Waals surface area contributed by atoms with Crippen molar-refractivity contribution in [3.63, 3.8) is 0 Å². The summed E-state index contributed by atoms with van der Waals surface area (Å²) in [7, 11) is -3.37. The van der Waals surface area contributed by atoms with E-state index in [4.69, 9.17) is 4.74 Å². The maximum absolute atomic E-state index is 13.5. The van der Waals surface area contributed by atoms with E-state index in [0.29, 0.717) is 5.56 Å². The smallest absolute Gasteiger partial charge is 0.251 e. The van der Waals surface area contributed by atoms with E-state index in [0.717, 1.165) is 0 Å². The van der Waals surface area contributed by atoms with Gasteiger partial charge in [0.05, 0.1) is 16.2 Å². The van der Waals surface area contributed by atoms with Crippen LogP contribution in [0, 0.1) is 5.82 Å². The van der Waals surface area contributed by atoms with Gasteiger partial charge in [0.1, 0.15) is 6.61 Å². The van der Waals surface area contributed by atoms with Crippen LogP contribution in [0.15, 0.2) is 53.4 Å². The van der Waals surface area contributed by atoms with Gasteiger partial charge in [0.25, 0.3) is 5.91 Å². The molecule has 0 aliphatic rings. The van der Waals surface area contributed by atoms with Crippen LogP contribution in [0.5, 0.6) is 5.75 Å². The highest BCUT2D eigenvalue weighted by atomic mass is 32.2. The third-order valence-electron chi connectivity index (χ3n) is 3.77. The van der Waals surface area contributed by atoms with E-state index >= 15 is 0 Å². The van der Waals surface area contributed by atoms with Gasteiger partial charge in [0.2, 0.25) is 0 Å². The number of sulfone groups is 1. The summed E-state index contributed by atoms with van der Waals surface area (Å²) in [4.78, 5) is 12.4. The number of para-hydroxylation sites is 1. The molecule has 0 aliphatic carbocycles. The number of carbonyl (C=O) groups is 1. The van der Waals surface area contributed by atoms with Crippen molar-refractivity contribution in [1.29, 1.82) is 0 Å². The maximum atomic E-state index is 13.5. The lowest BCUT2D eigenvalue weighted by Gasteiger charge is -2.15. The van der Waals surface area contributed by atoms with Gasteiger partial charge in [-0.2, -0.15) is 0 Å². The first-order chi connectivity index (χ1) is 12.2. The Morgan fingerprint density at radius 3 is 2.27 bits per heavy atom. The third-order valence-corrected chi connectivity index (χ3v) is 5.94. The van der Waals surface area contributed by atoms with Crippen molar-refractivity contribution in [2.45, 2.75) is 37.0 Å². The van der Waals surface area contributed by atoms with E-state index < -0.39 is 20.9 Å². The van der Waals surface area contributed by atoms with Gasteiger partial charge < -0.3 is 10.1 Å². The molecule has 26 heavy (non-hydrogen) atoms. The van der Waals surface area contributed by atoms with Gasteiger partial charge >= 0.3 is 0 Å². The maximum Gasteiger partial charge on any atom is 0.251 e. The number of benzene rings is 2. The summed E-state index contributed by atoms with van der Waals surface area (Å²) < 4.78 is 43.0. The van der Waals surface area contributed by atoms with Crippen LogP contribution in [0.2, 0.25) is 0 Å². The van der Waals surface area contributed by atoms with Gasteiger partial charge in [0.15, 0.2) is 21.4 Å². The lowest BCUT2D eigenvalue weighted by molar-refractivity contribution is 0.0926. The second kappa shape index (κ2) is 8.31. The van der Waals surface area contributed by atoms with Crippen molar-refractivity contribution < 1.29 is 22.3 Å². The van der Waals surface area contributed by atoms with Crippen LogP contribution in [0.3, 0.4) is 0 Å². The zero-order valence-corrected chi connectivity index (χ0v) is 15.7. The molecule has 2 aromatic rings. The number of hydrogen-bond acceptors (Lipinski definition) is 4. The van der Waals surface area contributed by atoms with Crippen molar-refractivity contribution in [2.75, 3.05) is 6.61 Å². The van der Waals surface area contributed by atoms with Gasteiger partial charge in [0, 0.05) is 5.56 Å². The molecule has 0 aliphatic heterocycles. The molecular formula is C19H22FNO4S. The molecule has 2 rings (SSSR count). The molecule has 1 unspecified atom stereocenters. The molecular weight excluding hydrogens is 357 g/mol. The van der Waals surface area contributed by atoms with Crippen LogP contribution in [0.25, 0.3) is 0 Å². The van der Waals surface area contributed by atoms with Crippen LogP contribution < -0.4 is 10.1 Å². The molecule has 1 atom stereocenters. The number of carbonyl (C=O) groups excluding carboxylic acids is 1. The first-order valence-corrected chi connectivity index (χ1v) is 9.78. The van der Waals surface area contributed by atoms with Crippen molar-refractivity contribution in [2.24, 2.45) is 0 Å². The highest BCUT2D eigenvalue weighted by Crippen LogP contribution is 2.17. The molecule has 1 amide bonds. The lowest BCUT2D eigenvalue weighted by Crippen LogP contribution is -2.36. The monoisotopic (exact) mass is 379 g/mol. The fraction of sp³-hybridized carbons (Fsp3) is 0.316. The molecule has 140 valence electrons. The SMILES string of the molecule is CC(COc1ccccc1F)NC(=O)c1ccc(S(=O)(=O)C(C)C)cc1. The molecule has 0 saturated carbocycles. The van der Waals surface area contributed by atoms with E-state index in [1.54, 1.807) is 32.9 Å². The Hall–Kier alpha value is -2.41. The molecule has 5 nitrogen and oxygen atoms in total. The van der Waals surface area contributed by atoms with Gasteiger partial charge in [-0.25, -0.2) is 12.8 Å². The molecule has 0 saturated heterocycles. The molecule has 2 aromatic carbocycles. The number of rotatable bonds is 7. The predicted octanol–water partition coefficient (Wildman–Crippen LogP) is 3.21. The number of halogens is 1. The number of ether oxygens (including phenoxy) is 1. The van der Waals surface area contributed by atoms with Gasteiger partial charge in [-0.3, -0.25) is 4.79 Å². The Labute approximate surface area is 153 Å². The third kappa shape index (κ3) is 4.82. The van der Waals surface area contributed by atoms with Crippen molar-refractivity contribution >= 4 is 15.7 Å². The molecule has 0 spiro atoms. The van der Waals surface area contributed by atoms with Crippen molar-refractivity contribution in [3.8, 4) is 5.75 Å². The summed E-state index contributed by atoms with van der Waals surface area (Å²) >= 11 is 0. The van der Waals surface area contributed by atoms with Gasteiger partial charge in [-0.1, -0.05) is 12.1 Å². The first-order valence-electron chi connectivity index (χ1n) is 8.24. The summed E-state index contributed by atoms with van der Waals surface area (Å²) in [5, 5.41) is 2.20. The van der Waals surface area contributed by atoms with Crippen LogP contribution in [-0.2, 0) is 9.84 Å². The lowest BCUT2D eigenvalue weighted by atomic mass is 10.2. The highest BCUT2D eigenvalue weighted by Gasteiger charge is 2.19. The van der Waals surface area contributed by atoms with E-state index in [1.165, 1.54) is 36.4 Å². The predicted molar refractivity (Wildman–Crippen MR) is 97.6 cm³/mol. The molecule has 0 heterocycles. The Bertz CT molecular complexity index is 863. The normalized spacial score (nSPS) is 12.7. The fourth-order valence-electron chi connectivity index (χ4n) is 2.19. The quantitative estimate of drug-likeness (QED) is 0.802. The fourth-order valence-corrected chi connectivity index (χ4v) is 3.25. The van der Waals surface area contributed by atoms with Crippen molar-refractivity contribution in [3.05, 3.63) is 59.9 Å². The Balaban J connectivity index is 1.96. The van der Waals surface area contributed by atoms with Crippen LogP contribution in [0.4, 0.5) is 4.39 Å². The second-order valence-electron chi connectivity index (χ2n) is 6.23. The molecule has 1 N–H and O–H groups in total. The van der Waals surface area contributed by atoms with Crippen LogP contribution >= 0.6 is 0 Å². The van der Waals surface area contributed by atoms with E-state index in [-0.39, 0.29) is 29.2 Å². The summed E-state index contributed by atoms with van der Waals surface area (Å²) in [6, 6.07) is 11.5. The Morgan fingerprint density at radius 1 is 1.08 bits per heavy atom. The standard InChI is InChI=1S/C19H22FNO4S/c1-13(2)26(23,24)16-10-8-15(9-11-16)19(22)21-14(3)12-25-18-7-5-4-6-17(18)20/h4-11,13-14H,12H2,1-3H3,(H,21,22). The average Bonchev–Trinajstić information content (AvgIpc) is 2.61. The minimum atomic E-state index is -3.37. The van der Waals surface area contributed by atoms with Crippen LogP contribution in [-0.4, -0.2) is 32.2 Å². The number of nitrogens with one attached hydrogen (secondary N) is 1. The second-order valence-corrected chi connectivity index (χ2v) is 8.74. The minimum absolute atomic E-state index is 0.104. The van der Waals surface area contributed by atoms with Gasteiger partial charge in [-0.15, -0.1) is 0 Å². The van der Waals surface area contributed by atoms with E-state index in [9.17, 15) is 17.6 Å². The zero-order chi connectivity index (χ0) is 19.3. The largest absolute Gasteiger partial charge is 0.488 e. The number of amides is 1.